The number of carbonyl (C=O) groups is 1. The molecule has 2 aromatic heterocycles. The SMILES string of the molecule is COC12CC(COC(=O)c3cncc(Br)c3)CN(C)C1Cc1cn(C)c3cccc2c13.COc1ccc2cc1Oc1ccc(cc1)CC1c3cc(c(OC)cc3CCN1C)Oc1c(OC)c(OC)cc3c1C(C2)N(C)CC3. The number of hydrogen-bond donors (Lipinski definition) is 0. The maximum Gasteiger partial charge on any atom is 0.339 e. The number of esters is 1. The molecule has 5 unspecified atom stereocenters. The van der Waals surface area contributed by atoms with E-state index in [1.54, 1.807) is 40.7 Å². The first-order valence-corrected chi connectivity index (χ1v) is 27.2. The number of pyridine rings is 1. The van der Waals surface area contributed by atoms with Crippen molar-refractivity contribution in [3.63, 3.8) is 0 Å². The normalized spacial score (nSPS) is 21.7. The average Bonchev–Trinajstić information content (AvgIpc) is 3.79. The monoisotopic (exact) mass is 1110 g/mol. The quantitative estimate of drug-likeness (QED) is 0.135. The smallest absolute Gasteiger partial charge is 0.339 e. The van der Waals surface area contributed by atoms with Crippen molar-refractivity contribution in [1.82, 2.24) is 24.3 Å². The first-order chi connectivity index (χ1) is 37.3. The molecule has 0 spiro atoms. The van der Waals surface area contributed by atoms with E-state index in [4.69, 9.17) is 37.9 Å². The van der Waals surface area contributed by atoms with Crippen molar-refractivity contribution in [2.75, 3.05) is 82.9 Å². The summed E-state index contributed by atoms with van der Waals surface area (Å²) in [6, 6.07) is 29.7. The van der Waals surface area contributed by atoms with Gasteiger partial charge in [-0.2, -0.15) is 0 Å². The standard InChI is InChI=1S/C38H42N2O6.C24H26BrN3O3/c1-39-15-13-25-20-32(42-4)34-22-28(25)29(39)17-23-7-10-27(11-8-23)45-33-19-24(9-12-31(33)41-3)18-30-36-26(14-16-40(30)2)21-35(43-5)37(44-6)38(36)46-34;1-27-13-17-8-21-24(30-3,19-5-4-6-20(27)22(17)19)9-15(12-28(21)2)14-31-23(29)16-7-18(25)11-26-10-16/h7-12,19-22,29-30H,13-18H2,1-6H3;4-7,10-11,13,15,21H,8-9,12,14H2,1-3H3. The van der Waals surface area contributed by atoms with Gasteiger partial charge in [-0.1, -0.05) is 30.3 Å². The molecule has 6 aliphatic rings. The van der Waals surface area contributed by atoms with Crippen LogP contribution in [0.2, 0.25) is 0 Å². The van der Waals surface area contributed by atoms with Crippen LogP contribution in [0.5, 0.6) is 46.0 Å². The van der Waals surface area contributed by atoms with Crippen molar-refractivity contribution in [3.8, 4) is 46.0 Å². The molecule has 13 rings (SSSR count). The molecule has 7 heterocycles. The van der Waals surface area contributed by atoms with E-state index in [-0.39, 0.29) is 30.0 Å². The molecule has 1 saturated heterocycles. The van der Waals surface area contributed by atoms with Gasteiger partial charge in [0.05, 0.1) is 40.6 Å². The molecule has 5 aromatic carbocycles. The molecule has 0 saturated carbocycles. The zero-order valence-corrected chi connectivity index (χ0v) is 47.1. The lowest BCUT2D eigenvalue weighted by Gasteiger charge is -2.53. The Morgan fingerprint density at radius 2 is 1.43 bits per heavy atom. The van der Waals surface area contributed by atoms with Crippen LogP contribution in [0.3, 0.4) is 0 Å². The first-order valence-electron chi connectivity index (χ1n) is 26.4. The largest absolute Gasteiger partial charge is 0.493 e. The molecule has 402 valence electrons. The molecular formula is C62H68BrN5O9. The van der Waals surface area contributed by atoms with Gasteiger partial charge in [-0.25, -0.2) is 4.79 Å². The van der Waals surface area contributed by atoms with Crippen LogP contribution in [0.25, 0.3) is 10.9 Å². The van der Waals surface area contributed by atoms with Crippen LogP contribution < -0.4 is 28.4 Å². The van der Waals surface area contributed by atoms with Crippen LogP contribution in [0, 0.1) is 5.92 Å². The summed E-state index contributed by atoms with van der Waals surface area (Å²) in [7, 11) is 17.2. The fraction of sp³-hybridized carbons (Fsp3) is 0.387. The Morgan fingerprint density at radius 1 is 0.714 bits per heavy atom. The number of likely N-dealkylation sites (tertiary alicyclic amines) is 1. The van der Waals surface area contributed by atoms with Crippen LogP contribution in [0.15, 0.2) is 108 Å². The molecule has 7 aromatic rings. The van der Waals surface area contributed by atoms with Crippen LogP contribution in [0.4, 0.5) is 0 Å². The number of nitrogens with zero attached hydrogens (tertiary/aromatic N) is 5. The Morgan fingerprint density at radius 3 is 2.17 bits per heavy atom. The third kappa shape index (κ3) is 9.79. The molecule has 0 radical (unpaired) electrons. The lowest BCUT2D eigenvalue weighted by Crippen LogP contribution is -2.59. The number of likely N-dealkylation sites (N-methyl/N-ethyl adjacent to an activating group) is 3. The Labute approximate surface area is 459 Å². The maximum atomic E-state index is 12.5. The van der Waals surface area contributed by atoms with E-state index in [9.17, 15) is 4.79 Å². The van der Waals surface area contributed by atoms with Crippen LogP contribution in [0.1, 0.15) is 73.4 Å². The molecular weight excluding hydrogens is 1040 g/mol. The van der Waals surface area contributed by atoms with E-state index in [2.05, 4.69) is 135 Å². The minimum Gasteiger partial charge on any atom is -0.493 e. The Bertz CT molecular complexity index is 3350. The summed E-state index contributed by atoms with van der Waals surface area (Å²) in [6.07, 6.45) is 10.6. The van der Waals surface area contributed by atoms with E-state index in [0.29, 0.717) is 52.4 Å². The molecule has 77 heavy (non-hydrogen) atoms. The predicted octanol–water partition coefficient (Wildman–Crippen LogP) is 11.1. The van der Waals surface area contributed by atoms with Gasteiger partial charge >= 0.3 is 5.97 Å². The van der Waals surface area contributed by atoms with Gasteiger partial charge in [-0.3, -0.25) is 19.7 Å². The minimum absolute atomic E-state index is 0.000437. The van der Waals surface area contributed by atoms with Crippen LogP contribution in [-0.2, 0) is 54.2 Å². The number of aryl methyl sites for hydroxylation is 1. The lowest BCUT2D eigenvalue weighted by atomic mass is 9.69. The Kier molecular flexibility index (Phi) is 14.8. The summed E-state index contributed by atoms with van der Waals surface area (Å²) in [5, 5.41) is 1.31. The summed E-state index contributed by atoms with van der Waals surface area (Å²) in [4.78, 5) is 23.8. The molecule has 1 aliphatic carbocycles. The van der Waals surface area contributed by atoms with Crippen LogP contribution >= 0.6 is 15.9 Å². The fourth-order valence-electron chi connectivity index (χ4n) is 12.9. The van der Waals surface area contributed by atoms with Gasteiger partial charge in [-0.15, -0.1) is 0 Å². The van der Waals surface area contributed by atoms with Crippen molar-refractivity contribution in [2.45, 2.75) is 62.3 Å². The number of methoxy groups -OCH3 is 5. The van der Waals surface area contributed by atoms with E-state index in [1.807, 2.05) is 25.3 Å². The second-order valence-corrected chi connectivity index (χ2v) is 22.1. The minimum atomic E-state index is -0.421. The number of hydrogen-bond acceptors (Lipinski definition) is 13. The summed E-state index contributed by atoms with van der Waals surface area (Å²) < 4.78 is 52.1. The van der Waals surface area contributed by atoms with Gasteiger partial charge in [-0.05, 0) is 169 Å². The Hall–Kier alpha value is -6.62. The highest BCUT2D eigenvalue weighted by molar-refractivity contribution is 9.10. The number of benzene rings is 5. The van der Waals surface area contributed by atoms with Crippen molar-refractivity contribution in [1.29, 1.82) is 0 Å². The third-order valence-corrected chi connectivity index (χ3v) is 17.2. The molecule has 6 bridgehead atoms. The van der Waals surface area contributed by atoms with Gasteiger partial charge in [0.2, 0.25) is 5.75 Å². The summed E-state index contributed by atoms with van der Waals surface area (Å²) in [5.74, 6) is 5.24. The number of ether oxygens (including phenoxy) is 8. The van der Waals surface area contributed by atoms with E-state index < -0.39 is 5.60 Å². The average molecular weight is 1110 g/mol. The zero-order chi connectivity index (χ0) is 53.7. The van der Waals surface area contributed by atoms with E-state index in [1.165, 1.54) is 50.5 Å². The highest BCUT2D eigenvalue weighted by atomic mass is 79.9. The second kappa shape index (κ2) is 21.7. The first kappa shape index (κ1) is 52.4. The van der Waals surface area contributed by atoms with E-state index >= 15 is 0 Å². The zero-order valence-electron chi connectivity index (χ0n) is 45.5. The van der Waals surface area contributed by atoms with Gasteiger partial charge in [0.1, 0.15) is 11.4 Å². The van der Waals surface area contributed by atoms with E-state index in [0.717, 1.165) is 79.5 Å². The number of rotatable bonds is 8. The number of carbonyl (C=O) groups excluding carboxylic acids is 1. The highest BCUT2D eigenvalue weighted by Crippen LogP contribution is 2.53. The molecule has 15 heteroatoms. The van der Waals surface area contributed by atoms with Crippen molar-refractivity contribution < 1.29 is 42.7 Å². The number of aromatic nitrogens is 2. The fourth-order valence-corrected chi connectivity index (χ4v) is 13.3. The van der Waals surface area contributed by atoms with Crippen molar-refractivity contribution >= 4 is 32.8 Å². The Balaban J connectivity index is 0.000000177. The summed E-state index contributed by atoms with van der Waals surface area (Å²) in [6.45, 7) is 3.07. The topological polar surface area (TPSA) is 118 Å². The van der Waals surface area contributed by atoms with Gasteiger partial charge in [0.25, 0.3) is 0 Å². The maximum absolute atomic E-state index is 12.5. The highest BCUT2D eigenvalue weighted by Gasteiger charge is 2.52. The molecule has 5 atom stereocenters. The summed E-state index contributed by atoms with van der Waals surface area (Å²) in [5.41, 5.74) is 11.0. The molecule has 5 aliphatic heterocycles. The number of halogens is 1. The van der Waals surface area contributed by atoms with Crippen molar-refractivity contribution in [2.24, 2.45) is 13.0 Å². The number of fused-ring (bicyclic) bond motifs is 4. The van der Waals surface area contributed by atoms with Crippen LogP contribution in [-0.4, -0.2) is 119 Å². The predicted molar refractivity (Wildman–Crippen MR) is 300 cm³/mol. The second-order valence-electron chi connectivity index (χ2n) is 21.2. The molecule has 14 nitrogen and oxygen atoms in total. The van der Waals surface area contributed by atoms with Gasteiger partial charge in [0, 0.05) is 97.4 Å². The number of piperidine rings is 1. The third-order valence-electron chi connectivity index (χ3n) is 16.8. The summed E-state index contributed by atoms with van der Waals surface area (Å²) >= 11 is 3.35. The molecule has 1 fully saturated rings. The van der Waals surface area contributed by atoms with Gasteiger partial charge in [0.15, 0.2) is 34.5 Å². The van der Waals surface area contributed by atoms with Gasteiger partial charge < -0.3 is 42.5 Å². The van der Waals surface area contributed by atoms with Crippen molar-refractivity contribution in [3.05, 3.63) is 158 Å². The lowest BCUT2D eigenvalue weighted by molar-refractivity contribution is -0.131. The molecule has 0 N–H and O–H groups in total. The molecule has 0 amide bonds.